The van der Waals surface area contributed by atoms with E-state index in [0.717, 1.165) is 0 Å². The van der Waals surface area contributed by atoms with Crippen LogP contribution in [-0.2, 0) is 14.8 Å². The van der Waals surface area contributed by atoms with Gasteiger partial charge in [0.15, 0.2) is 5.78 Å². The molecule has 0 aliphatic rings. The zero-order valence-corrected chi connectivity index (χ0v) is 14.9. The Morgan fingerprint density at radius 2 is 1.68 bits per heavy atom. The van der Waals surface area contributed by atoms with Crippen molar-refractivity contribution < 1.29 is 23.4 Å². The molecular formula is C18H19NO5S. The maximum atomic E-state index is 12.4. The number of sulfonamides is 1. The molecular weight excluding hydrogens is 342 g/mol. The number of Topliss-reactive ketones (excluding diaryl/α,β-unsaturated/α-hetero) is 1. The maximum Gasteiger partial charge on any atom is 0.261 e. The number of aromatic hydroxyl groups is 1. The van der Waals surface area contributed by atoms with Gasteiger partial charge >= 0.3 is 0 Å². The molecule has 2 aromatic carbocycles. The number of ketones is 1. The number of benzene rings is 2. The van der Waals surface area contributed by atoms with Crippen LogP contribution < -0.4 is 4.72 Å². The largest absolute Gasteiger partial charge is 0.512 e. The van der Waals surface area contributed by atoms with Gasteiger partial charge in [0.05, 0.1) is 10.5 Å². The molecule has 0 unspecified atom stereocenters. The van der Waals surface area contributed by atoms with Gasteiger partial charge < -0.3 is 10.2 Å². The van der Waals surface area contributed by atoms with Crippen molar-refractivity contribution in [3.05, 3.63) is 59.4 Å². The van der Waals surface area contributed by atoms with E-state index in [-0.39, 0.29) is 33.2 Å². The van der Waals surface area contributed by atoms with Crippen molar-refractivity contribution in [1.29, 1.82) is 0 Å². The molecule has 0 fully saturated rings. The molecule has 0 aromatic heterocycles. The van der Waals surface area contributed by atoms with Crippen molar-refractivity contribution in [3.63, 3.8) is 0 Å². The average molecular weight is 361 g/mol. The lowest BCUT2D eigenvalue weighted by atomic mass is 9.97. The van der Waals surface area contributed by atoms with Crippen molar-refractivity contribution in [2.24, 2.45) is 0 Å². The van der Waals surface area contributed by atoms with E-state index in [0.29, 0.717) is 5.56 Å². The molecule has 0 aliphatic heterocycles. The Hall–Kier alpha value is -2.80. The number of carbonyl (C=O) groups excluding carboxylic acids is 1. The SMILES string of the molecule is CC(=O)C(=C(C)O)c1cc(NS(=O)(=O)c2ccccc2)cc(C)c1O. The summed E-state index contributed by atoms with van der Waals surface area (Å²) in [5.74, 6) is -0.899. The number of hydrogen-bond donors (Lipinski definition) is 3. The first-order valence-electron chi connectivity index (χ1n) is 7.46. The van der Waals surface area contributed by atoms with Crippen LogP contribution in [0.4, 0.5) is 5.69 Å². The highest BCUT2D eigenvalue weighted by Gasteiger charge is 2.20. The van der Waals surface area contributed by atoms with Crippen molar-refractivity contribution in [2.45, 2.75) is 25.7 Å². The minimum atomic E-state index is -3.82. The summed E-state index contributed by atoms with van der Waals surface area (Å²) in [6.07, 6.45) is 0. The number of hydrogen-bond acceptors (Lipinski definition) is 5. The number of aryl methyl sites for hydroxylation is 1. The fraction of sp³-hybridized carbons (Fsp3) is 0.167. The number of allylic oxidation sites excluding steroid dienone is 2. The highest BCUT2D eigenvalue weighted by molar-refractivity contribution is 7.92. The van der Waals surface area contributed by atoms with Crippen LogP contribution in [0.15, 0.2) is 53.1 Å². The summed E-state index contributed by atoms with van der Waals surface area (Å²) in [6, 6.07) is 10.6. The number of anilines is 1. The third kappa shape index (κ3) is 4.00. The van der Waals surface area contributed by atoms with Gasteiger partial charge in [0.2, 0.25) is 0 Å². The minimum absolute atomic E-state index is 0.0678. The molecule has 0 saturated heterocycles. The van der Waals surface area contributed by atoms with Crippen LogP contribution in [0, 0.1) is 6.92 Å². The lowest BCUT2D eigenvalue weighted by molar-refractivity contribution is -0.111. The third-order valence-electron chi connectivity index (χ3n) is 3.59. The van der Waals surface area contributed by atoms with Crippen molar-refractivity contribution in [1.82, 2.24) is 0 Å². The number of aliphatic hydroxyl groups excluding tert-OH is 1. The second kappa shape index (κ2) is 6.98. The molecule has 3 N–H and O–H groups in total. The van der Waals surface area contributed by atoms with Gasteiger partial charge in [-0.1, -0.05) is 18.2 Å². The van der Waals surface area contributed by atoms with Crippen LogP contribution in [-0.4, -0.2) is 24.4 Å². The van der Waals surface area contributed by atoms with Crippen LogP contribution in [0.5, 0.6) is 5.75 Å². The van der Waals surface area contributed by atoms with Crippen LogP contribution in [0.3, 0.4) is 0 Å². The molecule has 0 radical (unpaired) electrons. The van der Waals surface area contributed by atoms with Crippen LogP contribution in [0.25, 0.3) is 5.57 Å². The standard InChI is InChI=1S/C18H19NO5S/c1-11-9-14(19-25(23,24)15-7-5-4-6-8-15)10-16(18(11)22)17(12(2)20)13(3)21/h4-10,19-20,22H,1-3H3. The highest BCUT2D eigenvalue weighted by Crippen LogP contribution is 2.34. The van der Waals surface area contributed by atoms with Crippen LogP contribution in [0.1, 0.15) is 25.0 Å². The van der Waals surface area contributed by atoms with Gasteiger partial charge in [-0.25, -0.2) is 8.42 Å². The molecule has 2 aromatic rings. The fourth-order valence-electron chi connectivity index (χ4n) is 2.48. The Balaban J connectivity index is 2.55. The Kier molecular flexibility index (Phi) is 5.18. The quantitative estimate of drug-likeness (QED) is 0.430. The van der Waals surface area contributed by atoms with Crippen molar-refractivity contribution >= 4 is 27.1 Å². The summed E-state index contributed by atoms with van der Waals surface area (Å²) >= 11 is 0. The molecule has 25 heavy (non-hydrogen) atoms. The highest BCUT2D eigenvalue weighted by atomic mass is 32.2. The zero-order chi connectivity index (χ0) is 18.8. The Morgan fingerprint density at radius 3 is 2.20 bits per heavy atom. The van der Waals surface area contributed by atoms with E-state index in [1.807, 2.05) is 0 Å². The Bertz CT molecular complexity index is 943. The van der Waals surface area contributed by atoms with E-state index >= 15 is 0 Å². The molecule has 0 saturated carbocycles. The number of carbonyl (C=O) groups is 1. The number of phenolic OH excluding ortho intramolecular Hbond substituents is 1. The summed E-state index contributed by atoms with van der Waals surface area (Å²) in [6.45, 7) is 4.15. The Labute approximate surface area is 146 Å². The van der Waals surface area contributed by atoms with Gasteiger partial charge in [-0.05, 0) is 50.6 Å². The minimum Gasteiger partial charge on any atom is -0.512 e. The topological polar surface area (TPSA) is 104 Å². The lowest BCUT2D eigenvalue weighted by Crippen LogP contribution is -2.13. The molecule has 0 amide bonds. The summed E-state index contributed by atoms with van der Waals surface area (Å²) in [5, 5.41) is 20.0. The first kappa shape index (κ1) is 18.5. The molecule has 0 spiro atoms. The number of nitrogens with one attached hydrogen (secondary N) is 1. The van der Waals surface area contributed by atoms with E-state index < -0.39 is 15.8 Å². The summed E-state index contributed by atoms with van der Waals surface area (Å²) in [4.78, 5) is 11.9. The Morgan fingerprint density at radius 1 is 1.08 bits per heavy atom. The molecule has 2 rings (SSSR count). The summed E-state index contributed by atoms with van der Waals surface area (Å²) < 4.78 is 27.3. The fourth-order valence-corrected chi connectivity index (χ4v) is 3.54. The zero-order valence-electron chi connectivity index (χ0n) is 14.1. The summed E-state index contributed by atoms with van der Waals surface area (Å²) in [5.41, 5.74) is 0.539. The van der Waals surface area contributed by atoms with E-state index in [1.165, 1.54) is 38.1 Å². The normalized spacial score (nSPS) is 12.4. The first-order chi connectivity index (χ1) is 11.6. The number of phenols is 1. The lowest BCUT2D eigenvalue weighted by Gasteiger charge is -2.14. The molecule has 132 valence electrons. The van der Waals surface area contributed by atoms with Crippen molar-refractivity contribution in [2.75, 3.05) is 4.72 Å². The van der Waals surface area contributed by atoms with Crippen LogP contribution in [0.2, 0.25) is 0 Å². The van der Waals surface area contributed by atoms with Gasteiger partial charge in [-0.15, -0.1) is 0 Å². The number of rotatable bonds is 5. The molecule has 0 atom stereocenters. The van der Waals surface area contributed by atoms with Gasteiger partial charge in [0.25, 0.3) is 10.0 Å². The van der Waals surface area contributed by atoms with E-state index in [1.54, 1.807) is 25.1 Å². The van der Waals surface area contributed by atoms with Gasteiger partial charge in [0.1, 0.15) is 11.5 Å². The van der Waals surface area contributed by atoms with Gasteiger partial charge in [-0.2, -0.15) is 0 Å². The second-order valence-electron chi connectivity index (χ2n) is 5.62. The van der Waals surface area contributed by atoms with E-state index in [9.17, 15) is 23.4 Å². The monoisotopic (exact) mass is 361 g/mol. The van der Waals surface area contributed by atoms with Gasteiger partial charge in [0, 0.05) is 11.3 Å². The predicted molar refractivity (Wildman–Crippen MR) is 96.0 cm³/mol. The first-order valence-corrected chi connectivity index (χ1v) is 8.94. The van der Waals surface area contributed by atoms with Crippen molar-refractivity contribution in [3.8, 4) is 5.75 Å². The maximum absolute atomic E-state index is 12.4. The van der Waals surface area contributed by atoms with Gasteiger partial charge in [-0.3, -0.25) is 9.52 Å². The van der Waals surface area contributed by atoms with E-state index in [2.05, 4.69) is 4.72 Å². The van der Waals surface area contributed by atoms with E-state index in [4.69, 9.17) is 0 Å². The molecule has 0 aliphatic carbocycles. The third-order valence-corrected chi connectivity index (χ3v) is 4.99. The summed E-state index contributed by atoms with van der Waals surface area (Å²) in [7, 11) is -3.82. The van der Waals surface area contributed by atoms with Crippen LogP contribution >= 0.6 is 0 Å². The molecule has 6 nitrogen and oxygen atoms in total. The molecule has 0 bridgehead atoms. The number of aliphatic hydroxyl groups is 1. The average Bonchev–Trinajstić information content (AvgIpc) is 2.52. The second-order valence-corrected chi connectivity index (χ2v) is 7.31. The molecule has 0 heterocycles. The molecule has 7 heteroatoms. The predicted octanol–water partition coefficient (Wildman–Crippen LogP) is 3.38. The smallest absolute Gasteiger partial charge is 0.261 e.